The Morgan fingerprint density at radius 1 is 1.20 bits per heavy atom. The number of hydrogen-bond donors (Lipinski definition) is 1. The summed E-state index contributed by atoms with van der Waals surface area (Å²) < 4.78 is 16.0. The largest absolute Gasteiger partial charge is 0.497 e. The Hall–Kier alpha value is -1.22. The van der Waals surface area contributed by atoms with E-state index in [-0.39, 0.29) is 24.0 Å². The first-order valence-electron chi connectivity index (χ1n) is 8.36. The predicted molar refractivity (Wildman–Crippen MR) is 114 cm³/mol. The van der Waals surface area contributed by atoms with Crippen LogP contribution in [0.5, 0.6) is 11.5 Å². The fourth-order valence-electron chi connectivity index (χ4n) is 2.37. The zero-order chi connectivity index (χ0) is 17.8. The third kappa shape index (κ3) is 8.62. The Bertz CT molecular complexity index is 512. The molecule has 0 heterocycles. The minimum Gasteiger partial charge on any atom is -0.497 e. The second-order valence-corrected chi connectivity index (χ2v) is 5.41. The Balaban J connectivity index is 0.00000576. The van der Waals surface area contributed by atoms with Crippen LogP contribution in [0.3, 0.4) is 0 Å². The number of halogens is 1. The minimum absolute atomic E-state index is 0. The Kier molecular flexibility index (Phi) is 13.3. The molecule has 0 unspecified atom stereocenters. The molecule has 0 aliphatic carbocycles. The van der Waals surface area contributed by atoms with Crippen LogP contribution in [0.2, 0.25) is 0 Å². The van der Waals surface area contributed by atoms with Crippen LogP contribution in [-0.4, -0.2) is 58.9 Å². The first kappa shape index (κ1) is 23.8. The lowest BCUT2D eigenvalue weighted by Crippen LogP contribution is -2.39. The normalized spacial score (nSPS) is 10.8. The predicted octanol–water partition coefficient (Wildman–Crippen LogP) is 3.15. The van der Waals surface area contributed by atoms with E-state index in [1.807, 2.05) is 32.2 Å². The van der Waals surface area contributed by atoms with Crippen LogP contribution >= 0.6 is 24.0 Å². The van der Waals surface area contributed by atoms with Gasteiger partial charge in [-0.1, -0.05) is 0 Å². The number of nitrogens with zero attached hydrogens (tertiary/aromatic N) is 2. The molecule has 1 aromatic rings. The molecule has 0 radical (unpaired) electrons. The molecule has 7 heteroatoms. The molecule has 0 saturated carbocycles. The molecule has 25 heavy (non-hydrogen) atoms. The SMILES string of the molecule is CCOCCCCNC(=NC)N(C)Cc1ccc(OC)cc1OC.I. The van der Waals surface area contributed by atoms with Crippen molar-refractivity contribution in [1.29, 1.82) is 0 Å². The van der Waals surface area contributed by atoms with E-state index in [0.717, 1.165) is 55.6 Å². The maximum Gasteiger partial charge on any atom is 0.193 e. The summed E-state index contributed by atoms with van der Waals surface area (Å²) in [6.07, 6.45) is 2.10. The fraction of sp³-hybridized carbons (Fsp3) is 0.611. The van der Waals surface area contributed by atoms with Crippen LogP contribution < -0.4 is 14.8 Å². The first-order chi connectivity index (χ1) is 11.7. The van der Waals surface area contributed by atoms with E-state index >= 15 is 0 Å². The topological polar surface area (TPSA) is 55.3 Å². The third-order valence-electron chi connectivity index (χ3n) is 3.68. The minimum atomic E-state index is 0. The molecule has 0 aromatic heterocycles. The number of methoxy groups -OCH3 is 2. The third-order valence-corrected chi connectivity index (χ3v) is 3.68. The zero-order valence-corrected chi connectivity index (χ0v) is 18.3. The van der Waals surface area contributed by atoms with Crippen molar-refractivity contribution in [1.82, 2.24) is 10.2 Å². The molecule has 1 rings (SSSR count). The number of ether oxygens (including phenoxy) is 3. The smallest absolute Gasteiger partial charge is 0.193 e. The van der Waals surface area contributed by atoms with Gasteiger partial charge in [0.15, 0.2) is 5.96 Å². The van der Waals surface area contributed by atoms with Crippen molar-refractivity contribution in [2.45, 2.75) is 26.3 Å². The molecule has 0 aliphatic heterocycles. The van der Waals surface area contributed by atoms with Gasteiger partial charge >= 0.3 is 0 Å². The molecule has 0 saturated heterocycles. The quantitative estimate of drug-likeness (QED) is 0.249. The summed E-state index contributed by atoms with van der Waals surface area (Å²) >= 11 is 0. The zero-order valence-electron chi connectivity index (χ0n) is 16.0. The van der Waals surface area contributed by atoms with Gasteiger partial charge in [0.05, 0.1) is 14.2 Å². The first-order valence-corrected chi connectivity index (χ1v) is 8.36. The summed E-state index contributed by atoms with van der Waals surface area (Å²) in [7, 11) is 7.13. The van der Waals surface area contributed by atoms with E-state index < -0.39 is 0 Å². The fourth-order valence-corrected chi connectivity index (χ4v) is 2.37. The van der Waals surface area contributed by atoms with Crippen LogP contribution in [0, 0.1) is 0 Å². The van der Waals surface area contributed by atoms with Gasteiger partial charge in [-0.3, -0.25) is 4.99 Å². The standard InChI is InChI=1S/C18H31N3O3.HI/c1-6-24-12-8-7-11-20-18(19-2)21(3)14-15-9-10-16(22-4)13-17(15)23-5;/h9-10,13H,6-8,11-12,14H2,1-5H3,(H,19,20);1H. The van der Waals surface area contributed by atoms with Crippen molar-refractivity contribution in [3.8, 4) is 11.5 Å². The van der Waals surface area contributed by atoms with Crippen LogP contribution in [0.15, 0.2) is 23.2 Å². The molecule has 6 nitrogen and oxygen atoms in total. The van der Waals surface area contributed by atoms with Crippen LogP contribution in [0.25, 0.3) is 0 Å². The molecule has 0 spiro atoms. The van der Waals surface area contributed by atoms with Gasteiger partial charge in [0.25, 0.3) is 0 Å². The van der Waals surface area contributed by atoms with Gasteiger partial charge in [0.2, 0.25) is 0 Å². The number of benzene rings is 1. The van der Waals surface area contributed by atoms with Crippen LogP contribution in [0.4, 0.5) is 0 Å². The van der Waals surface area contributed by atoms with E-state index in [0.29, 0.717) is 6.54 Å². The Labute approximate surface area is 169 Å². The summed E-state index contributed by atoms with van der Waals surface area (Å²) in [6.45, 7) is 5.19. The average molecular weight is 465 g/mol. The van der Waals surface area contributed by atoms with Gasteiger partial charge in [-0.2, -0.15) is 0 Å². The lowest BCUT2D eigenvalue weighted by atomic mass is 10.2. The molecule has 0 amide bonds. The molecular weight excluding hydrogens is 433 g/mol. The molecule has 0 atom stereocenters. The number of rotatable bonds is 10. The number of hydrogen-bond acceptors (Lipinski definition) is 4. The van der Waals surface area contributed by atoms with Gasteiger partial charge in [-0.05, 0) is 31.9 Å². The van der Waals surface area contributed by atoms with Gasteiger partial charge in [0.1, 0.15) is 11.5 Å². The molecule has 144 valence electrons. The van der Waals surface area contributed by atoms with Crippen LogP contribution in [-0.2, 0) is 11.3 Å². The maximum atomic E-state index is 5.46. The maximum absolute atomic E-state index is 5.46. The Morgan fingerprint density at radius 3 is 2.56 bits per heavy atom. The van der Waals surface area contributed by atoms with E-state index in [9.17, 15) is 0 Å². The number of guanidine groups is 1. The highest BCUT2D eigenvalue weighted by Gasteiger charge is 2.11. The monoisotopic (exact) mass is 465 g/mol. The number of nitrogens with one attached hydrogen (secondary N) is 1. The lowest BCUT2D eigenvalue weighted by molar-refractivity contribution is 0.143. The van der Waals surface area contributed by atoms with Crippen LogP contribution in [0.1, 0.15) is 25.3 Å². The van der Waals surface area contributed by atoms with Gasteiger partial charge in [-0.15, -0.1) is 24.0 Å². The van der Waals surface area contributed by atoms with E-state index in [1.165, 1.54) is 0 Å². The molecule has 1 aromatic carbocycles. The molecule has 0 fully saturated rings. The van der Waals surface area contributed by atoms with Crippen molar-refractivity contribution in [2.24, 2.45) is 4.99 Å². The summed E-state index contributed by atoms with van der Waals surface area (Å²) in [5, 5.41) is 3.38. The lowest BCUT2D eigenvalue weighted by Gasteiger charge is -2.23. The van der Waals surface area contributed by atoms with Gasteiger partial charge in [-0.25, -0.2) is 0 Å². The van der Waals surface area contributed by atoms with E-state index in [2.05, 4.69) is 15.2 Å². The van der Waals surface area contributed by atoms with Gasteiger partial charge in [0, 0.05) is 52.0 Å². The second kappa shape index (κ2) is 14.0. The molecular formula is C18H32IN3O3. The highest BCUT2D eigenvalue weighted by molar-refractivity contribution is 14.0. The number of aliphatic imine (C=N–C) groups is 1. The van der Waals surface area contributed by atoms with E-state index in [4.69, 9.17) is 14.2 Å². The highest BCUT2D eigenvalue weighted by atomic mass is 127. The van der Waals surface area contributed by atoms with Crippen molar-refractivity contribution in [2.75, 3.05) is 48.1 Å². The van der Waals surface area contributed by atoms with E-state index in [1.54, 1.807) is 21.3 Å². The van der Waals surface area contributed by atoms with Crippen molar-refractivity contribution in [3.63, 3.8) is 0 Å². The summed E-state index contributed by atoms with van der Waals surface area (Å²) in [4.78, 5) is 6.42. The number of unbranched alkanes of at least 4 members (excludes halogenated alkanes) is 1. The summed E-state index contributed by atoms with van der Waals surface area (Å²) in [6, 6.07) is 5.85. The Morgan fingerprint density at radius 2 is 1.96 bits per heavy atom. The summed E-state index contributed by atoms with van der Waals surface area (Å²) in [5.41, 5.74) is 1.08. The van der Waals surface area contributed by atoms with Crippen molar-refractivity contribution < 1.29 is 14.2 Å². The van der Waals surface area contributed by atoms with Gasteiger partial charge < -0.3 is 24.4 Å². The average Bonchev–Trinajstić information content (AvgIpc) is 2.61. The van der Waals surface area contributed by atoms with Crippen molar-refractivity contribution >= 4 is 29.9 Å². The highest BCUT2D eigenvalue weighted by Crippen LogP contribution is 2.25. The second-order valence-electron chi connectivity index (χ2n) is 5.41. The molecule has 1 N–H and O–H groups in total. The van der Waals surface area contributed by atoms with Crippen molar-refractivity contribution in [3.05, 3.63) is 23.8 Å². The summed E-state index contributed by atoms with van der Waals surface area (Å²) in [5.74, 6) is 2.47. The molecule has 0 aliphatic rings. The molecule has 0 bridgehead atoms.